The Hall–Kier alpha value is -2.44. The summed E-state index contributed by atoms with van der Waals surface area (Å²) in [6.07, 6.45) is 0.755. The second-order valence-electron chi connectivity index (χ2n) is 17.1. The van der Waals surface area contributed by atoms with E-state index in [4.69, 9.17) is 23.7 Å². The third kappa shape index (κ3) is 15.2. The van der Waals surface area contributed by atoms with Crippen LogP contribution in [0.3, 0.4) is 0 Å². The van der Waals surface area contributed by atoms with Gasteiger partial charge in [-0.3, -0.25) is 0 Å². The number of rotatable bonds is 23. The lowest BCUT2D eigenvalue weighted by molar-refractivity contribution is -0.180. The summed E-state index contributed by atoms with van der Waals surface area (Å²) >= 11 is 0. The van der Waals surface area contributed by atoms with E-state index in [-0.39, 0.29) is 18.4 Å². The van der Waals surface area contributed by atoms with Crippen molar-refractivity contribution in [2.24, 2.45) is 0 Å². The number of aliphatic hydroxyl groups is 1. The molecule has 0 fully saturated rings. The number of ether oxygens (including phenoxy) is 5. The molecule has 0 saturated carbocycles. The molecule has 0 unspecified atom stereocenters. The fraction of sp³-hybridized carbons (Fsp3) is 0.561. The minimum Gasteiger partial charge on any atom is -0.463 e. The molecule has 0 radical (unpaired) electrons. The lowest BCUT2D eigenvalue weighted by Crippen LogP contribution is -2.36. The van der Waals surface area contributed by atoms with Crippen molar-refractivity contribution >= 4 is 26.2 Å². The van der Waals surface area contributed by atoms with Crippen molar-refractivity contribution in [2.75, 3.05) is 46.4 Å². The summed E-state index contributed by atoms with van der Waals surface area (Å²) in [6, 6.07) is 23.1. The minimum atomic E-state index is -3.83. The highest BCUT2D eigenvalue weighted by molar-refractivity contribution is 7.89. The van der Waals surface area contributed by atoms with Gasteiger partial charge in [0.15, 0.2) is 0 Å². The van der Waals surface area contributed by atoms with Gasteiger partial charge < -0.3 is 34.1 Å². The highest BCUT2D eigenvalue weighted by Crippen LogP contribution is 2.33. The monoisotopic (exact) mass is 800 g/mol. The zero-order chi connectivity index (χ0) is 39.4. The van der Waals surface area contributed by atoms with E-state index in [0.29, 0.717) is 46.0 Å². The molecule has 1 aliphatic rings. The lowest BCUT2D eigenvalue weighted by Gasteiger charge is -2.33. The Morgan fingerprint density at radius 1 is 0.815 bits per heavy atom. The molecule has 4 rings (SSSR count). The fourth-order valence-corrected chi connectivity index (χ4v) is 8.47. The molecule has 0 aliphatic carbocycles. The molecule has 300 valence electrons. The van der Waals surface area contributed by atoms with Crippen molar-refractivity contribution in [3.05, 3.63) is 94.5 Å². The third-order valence-electron chi connectivity index (χ3n) is 9.12. The van der Waals surface area contributed by atoms with Crippen molar-refractivity contribution in [1.82, 2.24) is 9.62 Å². The van der Waals surface area contributed by atoms with Crippen LogP contribution >= 0.6 is 0 Å². The van der Waals surface area contributed by atoms with E-state index < -0.39 is 38.1 Å². The summed E-state index contributed by atoms with van der Waals surface area (Å²) in [7, 11) is -6.46. The van der Waals surface area contributed by atoms with Gasteiger partial charge in [-0.05, 0) is 78.0 Å². The first kappa shape index (κ1) is 44.3. The van der Waals surface area contributed by atoms with Gasteiger partial charge in [-0.2, -0.15) is 0 Å². The maximum absolute atomic E-state index is 13.8. The highest BCUT2D eigenvalue weighted by atomic mass is 32.2. The van der Waals surface area contributed by atoms with Crippen LogP contribution in [0.15, 0.2) is 71.6 Å². The van der Waals surface area contributed by atoms with Crippen LogP contribution in [-0.4, -0.2) is 86.1 Å². The van der Waals surface area contributed by atoms with Gasteiger partial charge in [0, 0.05) is 55.3 Å². The predicted octanol–water partition coefficient (Wildman–Crippen LogP) is 7.57. The zero-order valence-corrected chi connectivity index (χ0v) is 36.6. The van der Waals surface area contributed by atoms with E-state index in [0.717, 1.165) is 53.1 Å². The second kappa shape index (κ2) is 20.1. The molecule has 10 nitrogen and oxygen atoms in total. The first-order chi connectivity index (χ1) is 25.4. The van der Waals surface area contributed by atoms with Crippen LogP contribution in [0.4, 0.5) is 0 Å². The number of benzene rings is 3. The molecule has 3 aromatic carbocycles. The minimum absolute atomic E-state index is 0.0372. The van der Waals surface area contributed by atoms with Gasteiger partial charge >= 0.3 is 0 Å². The van der Waals surface area contributed by atoms with Crippen LogP contribution in [0.5, 0.6) is 5.75 Å². The van der Waals surface area contributed by atoms with Crippen molar-refractivity contribution in [3.8, 4) is 5.75 Å². The third-order valence-corrected chi connectivity index (χ3v) is 14.3. The van der Waals surface area contributed by atoms with Crippen LogP contribution in [0.1, 0.15) is 47.8 Å². The van der Waals surface area contributed by atoms with Crippen molar-refractivity contribution < 1.29 is 37.2 Å². The quantitative estimate of drug-likeness (QED) is 0.0570. The normalized spacial score (nSPS) is 15.2. The summed E-state index contributed by atoms with van der Waals surface area (Å²) < 4.78 is 58.3. The van der Waals surface area contributed by atoms with Gasteiger partial charge in [-0.15, -0.1) is 4.31 Å². The molecule has 13 heteroatoms. The molecule has 1 aliphatic heterocycles. The predicted molar refractivity (Wildman–Crippen MR) is 221 cm³/mol. The van der Waals surface area contributed by atoms with E-state index in [9.17, 15) is 13.5 Å². The molecular formula is C41H64N2O8SSi2. The Morgan fingerprint density at radius 2 is 1.44 bits per heavy atom. The van der Waals surface area contributed by atoms with E-state index in [1.807, 2.05) is 50.2 Å². The second-order valence-corrected chi connectivity index (χ2v) is 30.2. The van der Waals surface area contributed by atoms with E-state index in [2.05, 4.69) is 56.7 Å². The molecule has 0 amide bonds. The summed E-state index contributed by atoms with van der Waals surface area (Å²) in [6.45, 7) is 20.9. The molecule has 0 saturated heterocycles. The number of hydrogen-bond acceptors (Lipinski definition) is 9. The van der Waals surface area contributed by atoms with E-state index >= 15 is 0 Å². The number of nitrogens with one attached hydrogen (secondary N) is 1. The van der Waals surface area contributed by atoms with Gasteiger partial charge in [0.2, 0.25) is 15.8 Å². The molecular weight excluding hydrogens is 737 g/mol. The molecule has 54 heavy (non-hydrogen) atoms. The first-order valence-corrected chi connectivity index (χ1v) is 28.0. The Bertz CT molecular complexity index is 1700. The van der Waals surface area contributed by atoms with E-state index in [1.165, 1.54) is 9.87 Å². The van der Waals surface area contributed by atoms with Crippen LogP contribution in [-0.2, 0) is 55.0 Å². The standard InChI is InChI=1S/C41H64N2O8SSi2/c1-41(2)50-30-37-27-36(15-16-40(37)51-41)39(44)28-42-19-17-33-11-9-13-35(25-33)29-47-20-18-34-12-10-14-38(26-34)52(45,46)43(31-48-21-23-53(3,4)5)32-49-22-24-54(6,7)8/h9-16,25-27,39,42,44H,17-24,28-32H2,1-8H3/t39-/m1/s1. The van der Waals surface area contributed by atoms with Crippen molar-refractivity contribution in [2.45, 2.75) is 108 Å². The summed E-state index contributed by atoms with van der Waals surface area (Å²) in [5.41, 5.74) is 4.91. The number of aliphatic hydroxyl groups excluding tert-OH is 1. The van der Waals surface area contributed by atoms with Crippen LogP contribution in [0.2, 0.25) is 51.4 Å². The van der Waals surface area contributed by atoms with Crippen LogP contribution in [0.25, 0.3) is 0 Å². The molecule has 1 atom stereocenters. The summed E-state index contributed by atoms with van der Waals surface area (Å²) in [4.78, 5) is 0.229. The van der Waals surface area contributed by atoms with Crippen molar-refractivity contribution in [3.63, 3.8) is 0 Å². The maximum atomic E-state index is 13.8. The smallest absolute Gasteiger partial charge is 0.246 e. The molecule has 0 bridgehead atoms. The molecule has 2 N–H and O–H groups in total. The number of hydrogen-bond donors (Lipinski definition) is 2. The van der Waals surface area contributed by atoms with Gasteiger partial charge in [-0.25, -0.2) is 8.42 Å². The maximum Gasteiger partial charge on any atom is 0.246 e. The van der Waals surface area contributed by atoms with Crippen LogP contribution < -0.4 is 10.1 Å². The van der Waals surface area contributed by atoms with Gasteiger partial charge in [0.05, 0.1) is 30.8 Å². The largest absolute Gasteiger partial charge is 0.463 e. The van der Waals surface area contributed by atoms with Crippen LogP contribution in [0, 0.1) is 0 Å². The zero-order valence-electron chi connectivity index (χ0n) is 33.8. The van der Waals surface area contributed by atoms with Crippen molar-refractivity contribution in [1.29, 1.82) is 0 Å². The number of sulfonamides is 1. The molecule has 0 spiro atoms. The first-order valence-electron chi connectivity index (χ1n) is 19.1. The molecule has 1 heterocycles. The number of fused-ring (bicyclic) bond motifs is 1. The van der Waals surface area contributed by atoms with Gasteiger partial charge in [-0.1, -0.05) is 81.7 Å². The number of nitrogens with zero attached hydrogens (tertiary/aromatic N) is 1. The molecule has 3 aromatic rings. The molecule has 0 aromatic heterocycles. The van der Waals surface area contributed by atoms with Gasteiger partial charge in [0.25, 0.3) is 0 Å². The SMILES string of the molecule is CC1(C)OCc2cc([C@H](O)CNCCc3cccc(COCCc4cccc(S(=O)(=O)N(COCC[Si](C)(C)C)COCC[Si](C)(C)C)c4)c3)ccc2O1. The lowest BCUT2D eigenvalue weighted by atomic mass is 10.0. The average molecular weight is 801 g/mol. The summed E-state index contributed by atoms with van der Waals surface area (Å²) in [5.74, 6) is 0.150. The Morgan fingerprint density at radius 3 is 2.11 bits per heavy atom. The Kier molecular flexibility index (Phi) is 16.5. The topological polar surface area (TPSA) is 116 Å². The van der Waals surface area contributed by atoms with Gasteiger partial charge in [0.1, 0.15) is 19.2 Å². The fourth-order valence-electron chi connectivity index (χ4n) is 5.69. The highest BCUT2D eigenvalue weighted by Gasteiger charge is 2.28. The van der Waals surface area contributed by atoms with E-state index in [1.54, 1.807) is 18.2 Å². The summed E-state index contributed by atoms with van der Waals surface area (Å²) in [5, 5.41) is 14.1. The average Bonchev–Trinajstić information content (AvgIpc) is 3.10. The Labute approximate surface area is 326 Å². The Balaban J connectivity index is 1.22.